The fourth-order valence-electron chi connectivity index (χ4n) is 3.78. The van der Waals surface area contributed by atoms with Crippen molar-refractivity contribution in [3.8, 4) is 11.1 Å². The molecule has 0 spiro atoms. The number of oxime groups is 1. The molecule has 1 atom stereocenters. The van der Waals surface area contributed by atoms with E-state index in [0.717, 1.165) is 16.5 Å². The molecule has 0 radical (unpaired) electrons. The lowest BCUT2D eigenvalue weighted by Crippen LogP contribution is -2.52. The van der Waals surface area contributed by atoms with Crippen LogP contribution in [0.2, 0.25) is 0 Å². The van der Waals surface area contributed by atoms with Gasteiger partial charge in [-0.25, -0.2) is 8.78 Å². The van der Waals surface area contributed by atoms with Gasteiger partial charge in [-0.1, -0.05) is 23.4 Å². The molecule has 3 N–H and O–H groups in total. The van der Waals surface area contributed by atoms with Crippen LogP contribution in [0.5, 0.6) is 0 Å². The minimum atomic E-state index is -1.07. The molecule has 0 aliphatic carbocycles. The zero-order valence-electron chi connectivity index (χ0n) is 16.7. The summed E-state index contributed by atoms with van der Waals surface area (Å²) < 4.78 is 30.4. The standard InChI is InChI=1S/C22H23F2N3O2/c1-5-29-27-20-15-9-14(13-8-6-7-12-11(2)10-25-18(12)13)16(23)17(24)19(15)26-22(3,4)21(20)28/h6-10,21,25-26,28H,5H2,1-4H3/b27-20+. The number of para-hydroxylation sites is 1. The van der Waals surface area contributed by atoms with Crippen LogP contribution in [0, 0.1) is 18.6 Å². The Hall–Kier alpha value is -2.93. The lowest BCUT2D eigenvalue weighted by molar-refractivity contribution is 0.138. The number of H-pyrrole nitrogens is 1. The maximum atomic E-state index is 15.2. The predicted octanol–water partition coefficient (Wildman–Crippen LogP) is 4.73. The van der Waals surface area contributed by atoms with E-state index in [1.54, 1.807) is 32.9 Å². The van der Waals surface area contributed by atoms with Gasteiger partial charge in [-0.3, -0.25) is 0 Å². The highest BCUT2D eigenvalue weighted by Crippen LogP contribution is 2.40. The Labute approximate surface area is 167 Å². The summed E-state index contributed by atoms with van der Waals surface area (Å²) in [6.07, 6.45) is 0.763. The summed E-state index contributed by atoms with van der Waals surface area (Å²) in [5, 5.41) is 18.6. The molecule has 1 aliphatic heterocycles. The van der Waals surface area contributed by atoms with E-state index in [0.29, 0.717) is 5.56 Å². The third-order valence-electron chi connectivity index (χ3n) is 5.38. The van der Waals surface area contributed by atoms with Crippen LogP contribution in [0.15, 0.2) is 35.6 Å². The van der Waals surface area contributed by atoms with E-state index < -0.39 is 23.3 Å². The highest BCUT2D eigenvalue weighted by atomic mass is 19.2. The Morgan fingerprint density at radius 1 is 1.17 bits per heavy atom. The molecule has 152 valence electrons. The smallest absolute Gasteiger partial charge is 0.183 e. The number of nitrogens with zero attached hydrogens (tertiary/aromatic N) is 1. The quantitative estimate of drug-likeness (QED) is 0.558. The number of fused-ring (bicyclic) bond motifs is 2. The summed E-state index contributed by atoms with van der Waals surface area (Å²) in [6, 6.07) is 6.98. The van der Waals surface area contributed by atoms with Gasteiger partial charge in [-0.05, 0) is 39.3 Å². The molecule has 1 unspecified atom stereocenters. The average Bonchev–Trinajstić information content (AvgIpc) is 3.07. The fraction of sp³-hybridized carbons (Fsp3) is 0.318. The van der Waals surface area contributed by atoms with Crippen molar-refractivity contribution in [2.45, 2.75) is 39.3 Å². The summed E-state index contributed by atoms with van der Waals surface area (Å²) in [5.74, 6) is -1.97. The second-order valence-corrected chi connectivity index (χ2v) is 7.82. The fourth-order valence-corrected chi connectivity index (χ4v) is 3.78. The number of aromatic nitrogens is 1. The SMILES string of the molecule is CCO/N=C1\c2cc(-c3cccc4c(C)c[nH]c34)c(F)c(F)c2NC(C)(C)C1O. The average molecular weight is 399 g/mol. The number of nitrogens with one attached hydrogen (secondary N) is 2. The molecule has 7 heteroatoms. The lowest BCUT2D eigenvalue weighted by atomic mass is 9.83. The number of aliphatic hydroxyl groups is 1. The summed E-state index contributed by atoms with van der Waals surface area (Å²) in [5.41, 5.74) is 1.81. The van der Waals surface area contributed by atoms with E-state index in [9.17, 15) is 5.11 Å². The zero-order valence-corrected chi connectivity index (χ0v) is 16.7. The lowest BCUT2D eigenvalue weighted by Gasteiger charge is -2.39. The van der Waals surface area contributed by atoms with E-state index in [-0.39, 0.29) is 29.1 Å². The van der Waals surface area contributed by atoms with Crippen LogP contribution in [0.25, 0.3) is 22.0 Å². The molecule has 5 nitrogen and oxygen atoms in total. The van der Waals surface area contributed by atoms with Crippen LogP contribution >= 0.6 is 0 Å². The van der Waals surface area contributed by atoms with Gasteiger partial charge in [0, 0.05) is 28.3 Å². The molecule has 1 aromatic heterocycles. The van der Waals surface area contributed by atoms with Gasteiger partial charge >= 0.3 is 0 Å². The topological polar surface area (TPSA) is 69.6 Å². The molecular formula is C22H23F2N3O2. The number of hydrogen-bond donors (Lipinski definition) is 3. The first kappa shape index (κ1) is 19.4. The molecule has 4 rings (SSSR count). The summed E-state index contributed by atoms with van der Waals surface area (Å²) in [7, 11) is 0. The largest absolute Gasteiger partial charge is 0.396 e. The minimum Gasteiger partial charge on any atom is -0.396 e. The Balaban J connectivity index is 2.00. The van der Waals surface area contributed by atoms with Gasteiger partial charge in [-0.15, -0.1) is 0 Å². The zero-order chi connectivity index (χ0) is 20.9. The highest BCUT2D eigenvalue weighted by Gasteiger charge is 2.41. The summed E-state index contributed by atoms with van der Waals surface area (Å²) in [4.78, 5) is 8.30. The molecule has 0 fully saturated rings. The van der Waals surface area contributed by atoms with Crippen molar-refractivity contribution in [2.75, 3.05) is 11.9 Å². The van der Waals surface area contributed by atoms with Crippen LogP contribution < -0.4 is 5.32 Å². The van der Waals surface area contributed by atoms with Crippen molar-refractivity contribution >= 4 is 22.3 Å². The van der Waals surface area contributed by atoms with E-state index in [4.69, 9.17) is 4.84 Å². The van der Waals surface area contributed by atoms with Gasteiger partial charge < -0.3 is 20.2 Å². The van der Waals surface area contributed by atoms with Crippen molar-refractivity contribution in [3.05, 3.63) is 53.2 Å². The van der Waals surface area contributed by atoms with Crippen LogP contribution in [0.3, 0.4) is 0 Å². The number of benzene rings is 2. The van der Waals surface area contributed by atoms with Gasteiger partial charge in [0.1, 0.15) is 18.4 Å². The van der Waals surface area contributed by atoms with Crippen molar-refractivity contribution in [3.63, 3.8) is 0 Å². The van der Waals surface area contributed by atoms with Gasteiger partial charge in [0.15, 0.2) is 11.6 Å². The maximum absolute atomic E-state index is 15.2. The Morgan fingerprint density at radius 3 is 2.66 bits per heavy atom. The van der Waals surface area contributed by atoms with Crippen molar-refractivity contribution in [2.24, 2.45) is 5.16 Å². The van der Waals surface area contributed by atoms with Gasteiger partial charge in [0.2, 0.25) is 0 Å². The molecule has 3 aromatic rings. The first-order valence-corrected chi connectivity index (χ1v) is 9.51. The molecule has 0 bridgehead atoms. The van der Waals surface area contributed by atoms with Crippen LogP contribution in [-0.2, 0) is 4.84 Å². The van der Waals surface area contributed by atoms with Gasteiger partial charge in [0.25, 0.3) is 0 Å². The monoisotopic (exact) mass is 399 g/mol. The highest BCUT2D eigenvalue weighted by molar-refractivity contribution is 6.11. The first-order valence-electron chi connectivity index (χ1n) is 9.51. The Kier molecular flexibility index (Phi) is 4.58. The number of hydrogen-bond acceptors (Lipinski definition) is 4. The molecule has 0 saturated heterocycles. The summed E-state index contributed by atoms with van der Waals surface area (Å²) in [6.45, 7) is 7.37. The number of aromatic amines is 1. The number of aliphatic hydroxyl groups excluding tert-OH is 1. The normalized spacial score (nSPS) is 19.3. The first-order chi connectivity index (χ1) is 13.8. The molecule has 1 aliphatic rings. The molecule has 0 amide bonds. The molecule has 0 saturated carbocycles. The van der Waals surface area contributed by atoms with Crippen LogP contribution in [-0.4, -0.2) is 34.1 Å². The number of anilines is 1. The second kappa shape index (κ2) is 6.84. The third kappa shape index (κ3) is 2.97. The van der Waals surface area contributed by atoms with Crippen molar-refractivity contribution in [1.29, 1.82) is 0 Å². The van der Waals surface area contributed by atoms with Crippen LogP contribution in [0.1, 0.15) is 31.9 Å². The molecule has 2 aromatic carbocycles. The molecular weight excluding hydrogens is 376 g/mol. The Bertz CT molecular complexity index is 1130. The van der Waals surface area contributed by atoms with Gasteiger partial charge in [-0.2, -0.15) is 0 Å². The van der Waals surface area contributed by atoms with Gasteiger partial charge in [0.05, 0.1) is 16.7 Å². The summed E-state index contributed by atoms with van der Waals surface area (Å²) >= 11 is 0. The molecule has 29 heavy (non-hydrogen) atoms. The van der Waals surface area contributed by atoms with E-state index in [2.05, 4.69) is 15.5 Å². The second-order valence-electron chi connectivity index (χ2n) is 7.82. The predicted molar refractivity (Wildman–Crippen MR) is 110 cm³/mol. The van der Waals surface area contributed by atoms with Crippen LogP contribution in [0.4, 0.5) is 14.5 Å². The molecule has 2 heterocycles. The Morgan fingerprint density at radius 2 is 1.93 bits per heavy atom. The van der Waals surface area contributed by atoms with E-state index in [1.807, 2.05) is 19.2 Å². The minimum absolute atomic E-state index is 0.0326. The van der Waals surface area contributed by atoms with E-state index >= 15 is 8.78 Å². The van der Waals surface area contributed by atoms with E-state index in [1.165, 1.54) is 6.07 Å². The number of rotatable bonds is 3. The third-order valence-corrected chi connectivity index (χ3v) is 5.38. The van der Waals surface area contributed by atoms with Crippen molar-refractivity contribution in [1.82, 2.24) is 4.98 Å². The van der Waals surface area contributed by atoms with Crippen molar-refractivity contribution < 1.29 is 18.7 Å². The number of aryl methyl sites for hydroxylation is 1. The maximum Gasteiger partial charge on any atom is 0.183 e. The number of halogens is 2.